The molecule has 1 amide bonds. The van der Waals surface area contributed by atoms with E-state index in [0.717, 1.165) is 25.9 Å². The number of benzene rings is 1. The molecule has 0 aliphatic carbocycles. The SMILES string of the molecule is C#Cc1ccc(C(=O)N2CCCC2)cc1F. The third-order valence-corrected chi connectivity index (χ3v) is 2.76. The molecular formula is C13H12FNO. The first-order valence-corrected chi connectivity index (χ1v) is 5.28. The minimum atomic E-state index is -0.507. The van der Waals surface area contributed by atoms with Crippen LogP contribution in [0.3, 0.4) is 0 Å². The van der Waals surface area contributed by atoms with Gasteiger partial charge in [-0.3, -0.25) is 4.79 Å². The zero-order valence-corrected chi connectivity index (χ0v) is 8.87. The summed E-state index contributed by atoms with van der Waals surface area (Å²) >= 11 is 0. The molecule has 0 saturated carbocycles. The van der Waals surface area contributed by atoms with Crippen LogP contribution in [0.1, 0.15) is 28.8 Å². The van der Waals surface area contributed by atoms with Crippen molar-refractivity contribution in [2.45, 2.75) is 12.8 Å². The molecule has 1 aliphatic rings. The molecule has 82 valence electrons. The molecule has 1 aliphatic heterocycles. The average Bonchev–Trinajstić information content (AvgIpc) is 2.81. The monoisotopic (exact) mass is 217 g/mol. The number of hydrogen-bond acceptors (Lipinski definition) is 1. The number of likely N-dealkylation sites (tertiary alicyclic amines) is 1. The molecule has 1 aromatic carbocycles. The van der Waals surface area contributed by atoms with E-state index in [-0.39, 0.29) is 11.5 Å². The van der Waals surface area contributed by atoms with Crippen LogP contribution in [0.4, 0.5) is 4.39 Å². The fourth-order valence-electron chi connectivity index (χ4n) is 1.87. The van der Waals surface area contributed by atoms with Crippen molar-refractivity contribution in [2.75, 3.05) is 13.1 Å². The molecule has 0 N–H and O–H groups in total. The second-order valence-electron chi connectivity index (χ2n) is 3.84. The van der Waals surface area contributed by atoms with Crippen LogP contribution in [-0.4, -0.2) is 23.9 Å². The number of halogens is 1. The number of nitrogens with zero attached hydrogens (tertiary/aromatic N) is 1. The molecule has 0 radical (unpaired) electrons. The molecule has 2 nitrogen and oxygen atoms in total. The number of hydrogen-bond donors (Lipinski definition) is 0. The molecule has 1 aromatic rings. The van der Waals surface area contributed by atoms with Crippen LogP contribution in [0.5, 0.6) is 0 Å². The molecule has 0 unspecified atom stereocenters. The van der Waals surface area contributed by atoms with Gasteiger partial charge in [-0.05, 0) is 31.0 Å². The van der Waals surface area contributed by atoms with Crippen LogP contribution < -0.4 is 0 Å². The van der Waals surface area contributed by atoms with Crippen LogP contribution in [0.15, 0.2) is 18.2 Å². The van der Waals surface area contributed by atoms with Gasteiger partial charge >= 0.3 is 0 Å². The van der Waals surface area contributed by atoms with Crippen LogP contribution in [0.25, 0.3) is 0 Å². The van der Waals surface area contributed by atoms with Gasteiger partial charge in [-0.2, -0.15) is 0 Å². The Kier molecular flexibility index (Phi) is 2.91. The van der Waals surface area contributed by atoms with Crippen LogP contribution >= 0.6 is 0 Å². The number of carbonyl (C=O) groups excluding carboxylic acids is 1. The Bertz CT molecular complexity index is 455. The molecular weight excluding hydrogens is 205 g/mol. The number of terminal acetylenes is 1. The zero-order valence-electron chi connectivity index (χ0n) is 8.87. The highest BCUT2D eigenvalue weighted by molar-refractivity contribution is 5.94. The molecule has 0 bridgehead atoms. The topological polar surface area (TPSA) is 20.3 Å². The van der Waals surface area contributed by atoms with Gasteiger partial charge in [0.2, 0.25) is 0 Å². The lowest BCUT2D eigenvalue weighted by Crippen LogP contribution is -2.27. The molecule has 1 saturated heterocycles. The first-order valence-electron chi connectivity index (χ1n) is 5.28. The van der Waals surface area contributed by atoms with Crippen molar-refractivity contribution in [3.63, 3.8) is 0 Å². The number of amides is 1. The van der Waals surface area contributed by atoms with Gasteiger partial charge in [0.25, 0.3) is 5.91 Å². The van der Waals surface area contributed by atoms with E-state index in [1.807, 2.05) is 0 Å². The summed E-state index contributed by atoms with van der Waals surface area (Å²) in [7, 11) is 0. The minimum absolute atomic E-state index is 0.111. The smallest absolute Gasteiger partial charge is 0.253 e. The Balaban J connectivity index is 2.24. The molecule has 16 heavy (non-hydrogen) atoms. The van der Waals surface area contributed by atoms with E-state index in [4.69, 9.17) is 6.42 Å². The second-order valence-corrected chi connectivity index (χ2v) is 3.84. The zero-order chi connectivity index (χ0) is 11.5. The summed E-state index contributed by atoms with van der Waals surface area (Å²) in [5.74, 6) is 1.61. The van der Waals surface area contributed by atoms with E-state index < -0.39 is 5.82 Å². The molecule has 3 heteroatoms. The standard InChI is InChI=1S/C13H12FNO/c1-2-10-5-6-11(9-12(10)14)13(16)15-7-3-4-8-15/h1,5-6,9H,3-4,7-8H2. The van der Waals surface area contributed by atoms with Gasteiger partial charge < -0.3 is 4.90 Å². The Labute approximate surface area is 94.1 Å². The summed E-state index contributed by atoms with van der Waals surface area (Å²) in [6.45, 7) is 1.52. The Hall–Kier alpha value is -1.82. The van der Waals surface area contributed by atoms with E-state index in [9.17, 15) is 9.18 Å². The minimum Gasteiger partial charge on any atom is -0.339 e. The molecule has 0 aromatic heterocycles. The summed E-state index contributed by atoms with van der Waals surface area (Å²) in [6, 6.07) is 4.27. The Morgan fingerprint density at radius 2 is 2.06 bits per heavy atom. The highest BCUT2D eigenvalue weighted by Gasteiger charge is 2.19. The highest BCUT2D eigenvalue weighted by atomic mass is 19.1. The second kappa shape index (κ2) is 4.36. The molecule has 0 atom stereocenters. The highest BCUT2D eigenvalue weighted by Crippen LogP contribution is 2.15. The molecule has 1 fully saturated rings. The predicted molar refractivity (Wildman–Crippen MR) is 59.5 cm³/mol. The normalized spacial score (nSPS) is 14.9. The third kappa shape index (κ3) is 1.92. The van der Waals surface area contributed by atoms with Crippen molar-refractivity contribution >= 4 is 5.91 Å². The maximum absolute atomic E-state index is 13.4. The van der Waals surface area contributed by atoms with Gasteiger partial charge in [0.15, 0.2) is 0 Å². The van der Waals surface area contributed by atoms with Crippen molar-refractivity contribution in [1.29, 1.82) is 0 Å². The van der Waals surface area contributed by atoms with Crippen molar-refractivity contribution in [1.82, 2.24) is 4.90 Å². The Morgan fingerprint density at radius 1 is 1.38 bits per heavy atom. The number of carbonyl (C=O) groups is 1. The van der Waals surface area contributed by atoms with E-state index in [0.29, 0.717) is 5.56 Å². The lowest BCUT2D eigenvalue weighted by Gasteiger charge is -2.15. The van der Waals surface area contributed by atoms with Gasteiger partial charge in [-0.1, -0.05) is 5.92 Å². The molecule has 1 heterocycles. The molecule has 0 spiro atoms. The van der Waals surface area contributed by atoms with Crippen molar-refractivity contribution in [3.8, 4) is 12.3 Å². The summed E-state index contributed by atoms with van der Waals surface area (Å²) < 4.78 is 13.4. The van der Waals surface area contributed by atoms with Crippen molar-refractivity contribution in [2.24, 2.45) is 0 Å². The van der Waals surface area contributed by atoms with Crippen LogP contribution in [0, 0.1) is 18.2 Å². The fraction of sp³-hybridized carbons (Fsp3) is 0.308. The van der Waals surface area contributed by atoms with Crippen molar-refractivity contribution in [3.05, 3.63) is 35.1 Å². The van der Waals surface area contributed by atoms with Gasteiger partial charge in [0, 0.05) is 18.7 Å². The van der Waals surface area contributed by atoms with E-state index in [2.05, 4.69) is 5.92 Å². The van der Waals surface area contributed by atoms with E-state index >= 15 is 0 Å². The largest absolute Gasteiger partial charge is 0.339 e. The first-order chi connectivity index (χ1) is 7.72. The summed E-state index contributed by atoms with van der Waals surface area (Å²) in [6.07, 6.45) is 7.16. The van der Waals surface area contributed by atoms with Crippen molar-refractivity contribution < 1.29 is 9.18 Å². The summed E-state index contributed by atoms with van der Waals surface area (Å²) in [4.78, 5) is 13.6. The maximum Gasteiger partial charge on any atom is 0.253 e. The first kappa shape index (κ1) is 10.7. The van der Waals surface area contributed by atoms with E-state index in [1.54, 1.807) is 11.0 Å². The van der Waals surface area contributed by atoms with Crippen LogP contribution in [0.2, 0.25) is 0 Å². The lowest BCUT2D eigenvalue weighted by molar-refractivity contribution is 0.0792. The average molecular weight is 217 g/mol. The van der Waals surface area contributed by atoms with E-state index in [1.165, 1.54) is 12.1 Å². The Morgan fingerprint density at radius 3 is 2.62 bits per heavy atom. The summed E-state index contributed by atoms with van der Waals surface area (Å²) in [5, 5.41) is 0. The number of rotatable bonds is 1. The predicted octanol–water partition coefficient (Wildman–Crippen LogP) is 2.04. The van der Waals surface area contributed by atoms with Gasteiger partial charge in [-0.15, -0.1) is 6.42 Å². The third-order valence-electron chi connectivity index (χ3n) is 2.76. The fourth-order valence-corrected chi connectivity index (χ4v) is 1.87. The lowest BCUT2D eigenvalue weighted by atomic mass is 10.1. The maximum atomic E-state index is 13.4. The van der Waals surface area contributed by atoms with Crippen LogP contribution in [-0.2, 0) is 0 Å². The molecule has 2 rings (SSSR count). The summed E-state index contributed by atoms with van der Waals surface area (Å²) in [5.41, 5.74) is 0.566. The van der Waals surface area contributed by atoms with Gasteiger partial charge in [0.05, 0.1) is 5.56 Å². The van der Waals surface area contributed by atoms with Gasteiger partial charge in [-0.25, -0.2) is 4.39 Å². The van der Waals surface area contributed by atoms with Gasteiger partial charge in [0.1, 0.15) is 5.82 Å². The quantitative estimate of drug-likeness (QED) is 0.659.